The molecule has 0 radical (unpaired) electrons. The first-order valence-corrected chi connectivity index (χ1v) is 10.2. The van der Waals surface area contributed by atoms with Crippen LogP contribution in [0.3, 0.4) is 0 Å². The van der Waals surface area contributed by atoms with Gasteiger partial charge in [-0.05, 0) is 58.0 Å². The fourth-order valence-corrected chi connectivity index (χ4v) is 3.76. The van der Waals surface area contributed by atoms with Crippen molar-refractivity contribution >= 4 is 17.0 Å². The van der Waals surface area contributed by atoms with Gasteiger partial charge in [0, 0.05) is 29.1 Å². The first-order valence-electron chi connectivity index (χ1n) is 10.2. The summed E-state index contributed by atoms with van der Waals surface area (Å²) < 4.78 is 12.6. The van der Waals surface area contributed by atoms with E-state index in [9.17, 15) is 4.79 Å². The smallest absolute Gasteiger partial charge is 0.259 e. The number of ether oxygens (including phenoxy) is 1. The van der Waals surface area contributed by atoms with Crippen LogP contribution in [-0.2, 0) is 6.54 Å². The largest absolute Gasteiger partial charge is 0.497 e. The molecule has 8 nitrogen and oxygen atoms in total. The van der Waals surface area contributed by atoms with Crippen LogP contribution in [0.4, 0.5) is 0 Å². The number of methoxy groups -OCH3 is 1. The van der Waals surface area contributed by atoms with Gasteiger partial charge in [-0.15, -0.1) is 0 Å². The third kappa shape index (κ3) is 3.76. The molecular formula is C23H25N5O3. The van der Waals surface area contributed by atoms with Crippen LogP contribution in [0.25, 0.3) is 22.4 Å². The molecule has 0 saturated heterocycles. The van der Waals surface area contributed by atoms with Gasteiger partial charge in [0.1, 0.15) is 11.4 Å². The predicted molar refractivity (Wildman–Crippen MR) is 117 cm³/mol. The molecule has 160 valence electrons. The number of rotatable bonds is 6. The number of fused-ring (bicyclic) bond motifs is 1. The summed E-state index contributed by atoms with van der Waals surface area (Å²) in [5.41, 5.74) is 4.89. The second-order valence-electron chi connectivity index (χ2n) is 7.45. The van der Waals surface area contributed by atoms with Gasteiger partial charge in [-0.25, -0.2) is 4.98 Å². The molecule has 4 aromatic rings. The van der Waals surface area contributed by atoms with Crippen molar-refractivity contribution in [3.05, 3.63) is 59.0 Å². The lowest BCUT2D eigenvalue weighted by Gasteiger charge is -2.15. The molecule has 1 N–H and O–H groups in total. The standard InChI is InChI=1S/C23H25N5O3/c1-6-28-15(4)19(12-24-28)14(3)26-22(29)18-11-13(2)25-23-20(18)21(27-31-23)16-7-9-17(30-5)10-8-16/h7-12,14H,6H2,1-5H3,(H,26,29)/t14-/m1/s1. The SMILES string of the molecule is CCn1ncc([C@@H](C)NC(=O)c2cc(C)nc3onc(-c4ccc(OC)cc4)c23)c1C. The molecular weight excluding hydrogens is 394 g/mol. The summed E-state index contributed by atoms with van der Waals surface area (Å²) in [6.07, 6.45) is 1.80. The Balaban J connectivity index is 1.72. The van der Waals surface area contributed by atoms with Gasteiger partial charge in [0.15, 0.2) is 0 Å². The van der Waals surface area contributed by atoms with Gasteiger partial charge in [-0.3, -0.25) is 9.48 Å². The van der Waals surface area contributed by atoms with Gasteiger partial charge in [0.2, 0.25) is 0 Å². The number of pyridine rings is 1. The fourth-order valence-electron chi connectivity index (χ4n) is 3.76. The third-order valence-corrected chi connectivity index (χ3v) is 5.44. The summed E-state index contributed by atoms with van der Waals surface area (Å²) in [7, 11) is 1.61. The number of hydrogen-bond donors (Lipinski definition) is 1. The maximum absolute atomic E-state index is 13.3. The quantitative estimate of drug-likeness (QED) is 0.503. The topological polar surface area (TPSA) is 95.1 Å². The van der Waals surface area contributed by atoms with Crippen molar-refractivity contribution in [1.29, 1.82) is 0 Å². The van der Waals surface area contributed by atoms with E-state index in [0.717, 1.165) is 29.1 Å². The van der Waals surface area contributed by atoms with Crippen molar-refractivity contribution in [1.82, 2.24) is 25.2 Å². The number of carbonyl (C=O) groups is 1. The van der Waals surface area contributed by atoms with Crippen molar-refractivity contribution in [3.63, 3.8) is 0 Å². The minimum absolute atomic E-state index is 0.208. The van der Waals surface area contributed by atoms with Crippen LogP contribution in [0.15, 0.2) is 41.1 Å². The average molecular weight is 419 g/mol. The normalized spacial score (nSPS) is 12.2. The number of benzene rings is 1. The molecule has 3 heterocycles. The minimum atomic E-state index is -0.218. The first-order chi connectivity index (χ1) is 14.9. The third-order valence-electron chi connectivity index (χ3n) is 5.44. The van der Waals surface area contributed by atoms with Crippen molar-refractivity contribution in [2.24, 2.45) is 0 Å². The number of nitrogens with zero attached hydrogens (tertiary/aromatic N) is 4. The Morgan fingerprint density at radius 3 is 2.65 bits per heavy atom. The molecule has 8 heteroatoms. The molecule has 3 aromatic heterocycles. The van der Waals surface area contributed by atoms with Crippen LogP contribution in [-0.4, -0.2) is 32.9 Å². The predicted octanol–water partition coefficient (Wildman–Crippen LogP) is 4.22. The highest BCUT2D eigenvalue weighted by Gasteiger charge is 2.23. The van der Waals surface area contributed by atoms with Gasteiger partial charge >= 0.3 is 0 Å². The van der Waals surface area contributed by atoms with Gasteiger partial charge in [0.25, 0.3) is 11.6 Å². The lowest BCUT2D eigenvalue weighted by Crippen LogP contribution is -2.27. The first kappa shape index (κ1) is 20.6. The Morgan fingerprint density at radius 1 is 1.26 bits per heavy atom. The molecule has 0 aliphatic rings. The molecule has 0 saturated carbocycles. The van der Waals surface area contributed by atoms with Gasteiger partial charge in [-0.1, -0.05) is 5.16 Å². The summed E-state index contributed by atoms with van der Waals surface area (Å²) in [4.78, 5) is 17.7. The maximum atomic E-state index is 13.3. The number of hydrogen-bond acceptors (Lipinski definition) is 6. The Hall–Kier alpha value is -3.68. The Bertz CT molecular complexity index is 1240. The summed E-state index contributed by atoms with van der Waals surface area (Å²) in [5.74, 6) is 0.518. The highest BCUT2D eigenvalue weighted by atomic mass is 16.5. The van der Waals surface area contributed by atoms with Crippen LogP contribution in [0, 0.1) is 13.8 Å². The van der Waals surface area contributed by atoms with E-state index in [4.69, 9.17) is 9.26 Å². The van der Waals surface area contributed by atoms with E-state index in [1.807, 2.05) is 56.6 Å². The fraction of sp³-hybridized carbons (Fsp3) is 0.304. The number of amides is 1. The van der Waals surface area contributed by atoms with E-state index >= 15 is 0 Å². The van der Waals surface area contributed by atoms with Crippen molar-refractivity contribution in [2.45, 2.75) is 40.3 Å². The van der Waals surface area contributed by atoms with E-state index in [0.29, 0.717) is 28.1 Å². The molecule has 31 heavy (non-hydrogen) atoms. The summed E-state index contributed by atoms with van der Waals surface area (Å²) in [6, 6.07) is 8.99. The number of aryl methyl sites for hydroxylation is 2. The summed E-state index contributed by atoms with van der Waals surface area (Å²) in [5, 5.41) is 12.3. The Morgan fingerprint density at radius 2 is 2.00 bits per heavy atom. The lowest BCUT2D eigenvalue weighted by atomic mass is 10.0. The Kier molecular flexibility index (Phi) is 5.46. The van der Waals surface area contributed by atoms with Gasteiger partial charge < -0.3 is 14.6 Å². The van der Waals surface area contributed by atoms with E-state index in [-0.39, 0.29) is 11.9 Å². The van der Waals surface area contributed by atoms with Gasteiger partial charge in [-0.2, -0.15) is 5.10 Å². The van der Waals surface area contributed by atoms with E-state index in [1.165, 1.54) is 0 Å². The van der Waals surface area contributed by atoms with Crippen molar-refractivity contribution in [2.75, 3.05) is 7.11 Å². The number of aromatic nitrogens is 4. The van der Waals surface area contributed by atoms with Crippen LogP contribution in [0.1, 0.15) is 47.2 Å². The highest BCUT2D eigenvalue weighted by Crippen LogP contribution is 2.31. The number of nitrogens with one attached hydrogen (secondary N) is 1. The molecule has 4 rings (SSSR count). The maximum Gasteiger partial charge on any atom is 0.259 e. The van der Waals surface area contributed by atoms with Crippen LogP contribution in [0.2, 0.25) is 0 Å². The molecule has 0 fully saturated rings. The number of carbonyl (C=O) groups excluding carboxylic acids is 1. The van der Waals surface area contributed by atoms with Crippen LogP contribution in [0.5, 0.6) is 5.75 Å². The van der Waals surface area contributed by atoms with E-state index in [1.54, 1.807) is 19.4 Å². The van der Waals surface area contributed by atoms with Crippen molar-refractivity contribution in [3.8, 4) is 17.0 Å². The summed E-state index contributed by atoms with van der Waals surface area (Å²) in [6.45, 7) is 8.60. The molecule has 0 unspecified atom stereocenters. The monoisotopic (exact) mass is 419 g/mol. The minimum Gasteiger partial charge on any atom is -0.497 e. The second kappa shape index (κ2) is 8.22. The highest BCUT2D eigenvalue weighted by molar-refractivity contribution is 6.09. The van der Waals surface area contributed by atoms with Crippen LogP contribution < -0.4 is 10.1 Å². The molecule has 0 aliphatic heterocycles. The molecule has 1 atom stereocenters. The molecule has 0 spiro atoms. The molecule has 1 aromatic carbocycles. The summed E-state index contributed by atoms with van der Waals surface area (Å²) >= 11 is 0. The zero-order chi connectivity index (χ0) is 22.1. The zero-order valence-corrected chi connectivity index (χ0v) is 18.3. The van der Waals surface area contributed by atoms with E-state index < -0.39 is 0 Å². The van der Waals surface area contributed by atoms with Crippen molar-refractivity contribution < 1.29 is 14.1 Å². The van der Waals surface area contributed by atoms with E-state index in [2.05, 4.69) is 20.6 Å². The zero-order valence-electron chi connectivity index (χ0n) is 18.3. The average Bonchev–Trinajstić information content (AvgIpc) is 3.36. The molecule has 1 amide bonds. The Labute approximate surface area is 180 Å². The molecule has 0 bridgehead atoms. The lowest BCUT2D eigenvalue weighted by molar-refractivity contribution is 0.0941. The molecule has 0 aliphatic carbocycles. The van der Waals surface area contributed by atoms with Crippen LogP contribution >= 0.6 is 0 Å². The second-order valence-corrected chi connectivity index (χ2v) is 7.45. The van der Waals surface area contributed by atoms with Gasteiger partial charge in [0.05, 0.1) is 30.3 Å².